The Hall–Kier alpha value is -5.22. The van der Waals surface area contributed by atoms with E-state index in [1.165, 1.54) is 113 Å². The van der Waals surface area contributed by atoms with Gasteiger partial charge in [-0.25, -0.2) is 0 Å². The fourth-order valence-corrected chi connectivity index (χ4v) is 11.0. The number of furan rings is 1. The van der Waals surface area contributed by atoms with Crippen LogP contribution in [-0.2, 0) is 27.1 Å². The second kappa shape index (κ2) is 13.2. The summed E-state index contributed by atoms with van der Waals surface area (Å²) in [6, 6.07) is 38.1. The molecule has 4 heteroatoms. The summed E-state index contributed by atoms with van der Waals surface area (Å²) in [4.78, 5) is 5.29. The molecule has 2 aliphatic heterocycles. The van der Waals surface area contributed by atoms with Gasteiger partial charge in [-0.05, 0) is 158 Å². The molecule has 316 valence electrons. The summed E-state index contributed by atoms with van der Waals surface area (Å²) in [7, 11) is 0. The Labute approximate surface area is 371 Å². The molecule has 7 aromatic rings. The van der Waals surface area contributed by atoms with Gasteiger partial charge >= 0.3 is 0 Å². The number of para-hydroxylation sites is 1. The summed E-state index contributed by atoms with van der Waals surface area (Å²) in [5.41, 5.74) is 23.0. The molecule has 62 heavy (non-hydrogen) atoms. The molecule has 0 spiro atoms. The molecular formula is C58H65BN2O. The third-order valence-corrected chi connectivity index (χ3v) is 15.0. The average Bonchev–Trinajstić information content (AvgIpc) is 3.57. The van der Waals surface area contributed by atoms with Gasteiger partial charge in [0.25, 0.3) is 6.71 Å². The van der Waals surface area contributed by atoms with Crippen LogP contribution in [0.3, 0.4) is 0 Å². The van der Waals surface area contributed by atoms with Gasteiger partial charge in [-0.1, -0.05) is 139 Å². The van der Waals surface area contributed by atoms with Crippen molar-refractivity contribution in [2.75, 3.05) is 9.80 Å². The van der Waals surface area contributed by atoms with Gasteiger partial charge in [0.1, 0.15) is 11.2 Å². The topological polar surface area (TPSA) is 19.6 Å². The molecule has 0 N–H and O–H groups in total. The van der Waals surface area contributed by atoms with Gasteiger partial charge in [0, 0.05) is 33.8 Å². The van der Waals surface area contributed by atoms with Crippen molar-refractivity contribution in [2.45, 2.75) is 144 Å². The standard InChI is InChI=1S/C58H65BN2O/c1-34-18-16-17-19-44(34)61-48-31-38(56(9,10)11)30-47-52(48)59(42-22-25-50-51(53(42)61)39-29-37(55(6,7)8)21-24-49(39)62-50)43-32-40-41(58(14,15)27-26-57(40,12)13)33-46(43)60(47)45-23-20-36(28-35(45)2)54(3,4)5/h16-25,28-33H,26-27H2,1-15H3. The van der Waals surface area contributed by atoms with Crippen LogP contribution in [0.4, 0.5) is 34.1 Å². The minimum absolute atomic E-state index is 0.00372. The van der Waals surface area contributed by atoms with Gasteiger partial charge in [-0.2, -0.15) is 0 Å². The summed E-state index contributed by atoms with van der Waals surface area (Å²) >= 11 is 0. The highest BCUT2D eigenvalue weighted by Crippen LogP contribution is 2.53. The first-order valence-corrected chi connectivity index (χ1v) is 23.1. The average molecular weight is 817 g/mol. The van der Waals surface area contributed by atoms with Gasteiger partial charge in [0.05, 0.1) is 11.1 Å². The van der Waals surface area contributed by atoms with Gasteiger partial charge in [0.15, 0.2) is 0 Å². The SMILES string of the molecule is Cc1cc(C(C)(C)C)ccc1N1c2cc3c(cc2B2c4ccc5oc6ccc(C(C)(C)C)cc6c5c4N(c4ccccc4C)c4cc(C(C)(C)C)cc1c42)C(C)(C)CCC3(C)C. The van der Waals surface area contributed by atoms with Crippen LogP contribution in [0.5, 0.6) is 0 Å². The molecule has 0 radical (unpaired) electrons. The zero-order valence-corrected chi connectivity index (χ0v) is 40.0. The van der Waals surface area contributed by atoms with Crippen LogP contribution in [-0.4, -0.2) is 6.71 Å². The Balaban J connectivity index is 1.41. The van der Waals surface area contributed by atoms with Gasteiger partial charge in [0.2, 0.25) is 0 Å². The quantitative estimate of drug-likeness (QED) is 0.162. The van der Waals surface area contributed by atoms with E-state index in [4.69, 9.17) is 4.42 Å². The minimum Gasteiger partial charge on any atom is -0.456 e. The van der Waals surface area contributed by atoms with Crippen LogP contribution in [0.1, 0.15) is 142 Å². The molecule has 0 saturated carbocycles. The number of anilines is 6. The Bertz CT molecular complexity index is 3010. The maximum atomic E-state index is 6.85. The summed E-state index contributed by atoms with van der Waals surface area (Å²) in [6.07, 6.45) is 2.33. The molecule has 0 bridgehead atoms. The van der Waals surface area contributed by atoms with Crippen LogP contribution in [0, 0.1) is 13.8 Å². The zero-order valence-electron chi connectivity index (χ0n) is 40.0. The fourth-order valence-electron chi connectivity index (χ4n) is 11.0. The summed E-state index contributed by atoms with van der Waals surface area (Å²) in [6.45, 7) is 35.5. The number of nitrogens with zero attached hydrogens (tertiary/aromatic N) is 2. The number of hydrogen-bond acceptors (Lipinski definition) is 3. The highest BCUT2D eigenvalue weighted by Gasteiger charge is 2.48. The first-order chi connectivity index (χ1) is 29.0. The smallest absolute Gasteiger partial charge is 0.252 e. The van der Waals surface area contributed by atoms with Crippen molar-refractivity contribution < 1.29 is 4.42 Å². The largest absolute Gasteiger partial charge is 0.456 e. The molecule has 3 heterocycles. The van der Waals surface area contributed by atoms with Gasteiger partial charge in [-0.3, -0.25) is 0 Å². The van der Waals surface area contributed by atoms with E-state index in [2.05, 4.69) is 211 Å². The van der Waals surface area contributed by atoms with Crippen molar-refractivity contribution in [3.63, 3.8) is 0 Å². The Kier molecular flexibility index (Phi) is 8.67. The first kappa shape index (κ1) is 40.8. The second-order valence-electron chi connectivity index (χ2n) is 23.5. The number of rotatable bonds is 2. The highest BCUT2D eigenvalue weighted by molar-refractivity contribution is 7.00. The Morgan fingerprint density at radius 2 is 1.06 bits per heavy atom. The lowest BCUT2D eigenvalue weighted by Crippen LogP contribution is -2.62. The van der Waals surface area contributed by atoms with Crippen LogP contribution in [0.2, 0.25) is 0 Å². The van der Waals surface area contributed by atoms with E-state index in [0.29, 0.717) is 0 Å². The summed E-state index contributed by atoms with van der Waals surface area (Å²) in [5.74, 6) is 0. The maximum absolute atomic E-state index is 6.85. The number of fused-ring (bicyclic) bond motifs is 9. The van der Waals surface area contributed by atoms with E-state index in [1.807, 2.05) is 0 Å². The van der Waals surface area contributed by atoms with Gasteiger partial charge < -0.3 is 14.2 Å². The van der Waals surface area contributed by atoms with Crippen LogP contribution >= 0.6 is 0 Å². The van der Waals surface area contributed by atoms with E-state index in [9.17, 15) is 0 Å². The first-order valence-electron chi connectivity index (χ1n) is 23.1. The third kappa shape index (κ3) is 6.05. The number of benzene rings is 6. The lowest BCUT2D eigenvalue weighted by Gasteiger charge is -2.48. The lowest BCUT2D eigenvalue weighted by molar-refractivity contribution is 0.332. The molecule has 0 amide bonds. The lowest BCUT2D eigenvalue weighted by atomic mass is 9.33. The van der Waals surface area contributed by atoms with Crippen LogP contribution in [0.25, 0.3) is 21.9 Å². The van der Waals surface area contributed by atoms with Crippen molar-refractivity contribution >= 4 is 79.2 Å². The van der Waals surface area contributed by atoms with Crippen molar-refractivity contribution in [3.8, 4) is 0 Å². The number of hydrogen-bond donors (Lipinski definition) is 0. The van der Waals surface area contributed by atoms with E-state index in [-0.39, 0.29) is 33.8 Å². The van der Waals surface area contributed by atoms with Crippen molar-refractivity contribution in [1.82, 2.24) is 0 Å². The maximum Gasteiger partial charge on any atom is 0.252 e. The Morgan fingerprint density at radius 3 is 1.69 bits per heavy atom. The Morgan fingerprint density at radius 1 is 0.500 bits per heavy atom. The molecular weight excluding hydrogens is 751 g/mol. The molecule has 0 atom stereocenters. The van der Waals surface area contributed by atoms with E-state index in [0.717, 1.165) is 11.2 Å². The van der Waals surface area contributed by atoms with Crippen molar-refractivity contribution in [2.24, 2.45) is 0 Å². The molecule has 1 aromatic heterocycles. The molecule has 10 rings (SSSR count). The molecule has 0 fully saturated rings. The van der Waals surface area contributed by atoms with Crippen molar-refractivity contribution in [3.05, 3.63) is 136 Å². The monoisotopic (exact) mass is 817 g/mol. The molecule has 3 aliphatic rings. The second-order valence-corrected chi connectivity index (χ2v) is 23.5. The molecule has 0 unspecified atom stereocenters. The van der Waals surface area contributed by atoms with Crippen molar-refractivity contribution in [1.29, 1.82) is 0 Å². The molecule has 1 aliphatic carbocycles. The minimum atomic E-state index is -0.117. The molecule has 0 saturated heterocycles. The predicted octanol–water partition coefficient (Wildman–Crippen LogP) is 14.5. The van der Waals surface area contributed by atoms with Crippen LogP contribution in [0.15, 0.2) is 101 Å². The third-order valence-electron chi connectivity index (χ3n) is 15.0. The zero-order chi connectivity index (χ0) is 44.2. The highest BCUT2D eigenvalue weighted by atomic mass is 16.3. The molecule has 6 aromatic carbocycles. The fraction of sp³-hybridized carbons (Fsp3) is 0.379. The van der Waals surface area contributed by atoms with Crippen LogP contribution < -0.4 is 26.2 Å². The predicted molar refractivity (Wildman–Crippen MR) is 269 cm³/mol. The summed E-state index contributed by atoms with van der Waals surface area (Å²) < 4.78 is 6.85. The van der Waals surface area contributed by atoms with Gasteiger partial charge in [-0.15, -0.1) is 0 Å². The summed E-state index contributed by atoms with van der Waals surface area (Å²) in [5, 5.41) is 2.37. The van der Waals surface area contributed by atoms with E-state index in [1.54, 1.807) is 0 Å². The van der Waals surface area contributed by atoms with E-state index >= 15 is 0 Å². The van der Waals surface area contributed by atoms with E-state index < -0.39 is 0 Å². The number of aryl methyl sites for hydroxylation is 2. The molecule has 3 nitrogen and oxygen atoms in total. The normalized spacial score (nSPS) is 16.7.